The molecule has 0 radical (unpaired) electrons. The molecule has 5 heteroatoms. The molecule has 10 aromatic rings. The first-order valence-electron chi connectivity index (χ1n) is 18.9. The van der Waals surface area contributed by atoms with Gasteiger partial charge in [-0.15, -0.1) is 0 Å². The molecule has 264 valence electrons. The van der Waals surface area contributed by atoms with E-state index in [0.29, 0.717) is 5.84 Å². The molecule has 0 saturated carbocycles. The van der Waals surface area contributed by atoms with Crippen LogP contribution < -0.4 is 5.32 Å². The highest BCUT2D eigenvalue weighted by Gasteiger charge is 2.24. The molecule has 3 heterocycles. The Labute approximate surface area is 323 Å². The van der Waals surface area contributed by atoms with Gasteiger partial charge in [-0.2, -0.15) is 0 Å². The number of hydrogen-bond donors (Lipinski definition) is 1. The van der Waals surface area contributed by atoms with Crippen LogP contribution in [0.2, 0.25) is 0 Å². The second-order valence-electron chi connectivity index (χ2n) is 14.2. The number of rotatable bonds is 6. The summed E-state index contributed by atoms with van der Waals surface area (Å²) in [5.41, 5.74) is 12.5. The zero-order valence-electron chi connectivity index (χ0n) is 30.3. The van der Waals surface area contributed by atoms with Crippen molar-refractivity contribution in [2.24, 2.45) is 9.98 Å². The van der Waals surface area contributed by atoms with Crippen molar-refractivity contribution in [2.75, 3.05) is 0 Å². The van der Waals surface area contributed by atoms with E-state index in [0.717, 1.165) is 83.4 Å². The second kappa shape index (κ2) is 13.1. The highest BCUT2D eigenvalue weighted by molar-refractivity contribution is 6.24. The van der Waals surface area contributed by atoms with E-state index in [-0.39, 0.29) is 6.17 Å². The van der Waals surface area contributed by atoms with Crippen molar-refractivity contribution in [3.05, 3.63) is 211 Å². The van der Waals surface area contributed by atoms with E-state index in [4.69, 9.17) is 14.4 Å². The van der Waals surface area contributed by atoms with E-state index in [1.54, 1.807) is 0 Å². The summed E-state index contributed by atoms with van der Waals surface area (Å²) in [6, 6.07) is 68.0. The van der Waals surface area contributed by atoms with E-state index in [1.807, 2.05) is 36.4 Å². The molecule has 0 saturated heterocycles. The van der Waals surface area contributed by atoms with E-state index in [9.17, 15) is 0 Å². The van der Waals surface area contributed by atoms with Crippen molar-refractivity contribution < 1.29 is 4.42 Å². The van der Waals surface area contributed by atoms with Crippen molar-refractivity contribution in [1.82, 2.24) is 9.88 Å². The van der Waals surface area contributed by atoms with Crippen LogP contribution in [0.3, 0.4) is 0 Å². The minimum atomic E-state index is -0.365. The lowest BCUT2D eigenvalue weighted by Crippen LogP contribution is -2.33. The maximum absolute atomic E-state index is 6.45. The summed E-state index contributed by atoms with van der Waals surface area (Å²) in [4.78, 5) is 10.7. The monoisotopic (exact) mass is 718 g/mol. The molecule has 0 amide bonds. The van der Waals surface area contributed by atoms with Crippen LogP contribution in [0, 0.1) is 0 Å². The normalized spacial score (nSPS) is 14.2. The summed E-state index contributed by atoms with van der Waals surface area (Å²) < 4.78 is 8.84. The number of aliphatic imine (C=N–C) groups is 2. The lowest BCUT2D eigenvalue weighted by Gasteiger charge is -2.24. The van der Waals surface area contributed by atoms with E-state index in [1.165, 1.54) is 10.8 Å². The van der Waals surface area contributed by atoms with Crippen LogP contribution in [0.5, 0.6) is 0 Å². The Morgan fingerprint density at radius 2 is 1.11 bits per heavy atom. The van der Waals surface area contributed by atoms with Crippen LogP contribution in [0.4, 0.5) is 0 Å². The average molecular weight is 719 g/mol. The van der Waals surface area contributed by atoms with Crippen molar-refractivity contribution in [3.8, 4) is 27.9 Å². The molecule has 5 nitrogen and oxygen atoms in total. The third-order valence-electron chi connectivity index (χ3n) is 10.8. The van der Waals surface area contributed by atoms with Crippen LogP contribution in [-0.2, 0) is 0 Å². The topological polar surface area (TPSA) is 54.8 Å². The van der Waals surface area contributed by atoms with Crippen molar-refractivity contribution >= 4 is 55.4 Å². The van der Waals surface area contributed by atoms with Crippen molar-refractivity contribution in [3.63, 3.8) is 0 Å². The summed E-state index contributed by atoms with van der Waals surface area (Å²) in [5, 5.41) is 8.23. The summed E-state index contributed by atoms with van der Waals surface area (Å²) in [6.45, 7) is 0. The molecule has 1 atom stereocenters. The van der Waals surface area contributed by atoms with Gasteiger partial charge in [-0.3, -0.25) is 0 Å². The third kappa shape index (κ3) is 5.40. The number of furan rings is 1. The number of hydrogen-bond acceptors (Lipinski definition) is 4. The van der Waals surface area contributed by atoms with Crippen LogP contribution in [-0.4, -0.2) is 16.2 Å². The standard InChI is InChI=1S/C51H34N4O/c1-4-15-33(16-5-1)36-21-14-22-37(29-36)50-52-49(35-19-8-3-9-20-35)53-51(54-50)39-30-38(34-17-6-2-7-18-34)31-40(32-39)55-44-25-12-10-23-41(44)42-27-28-46-47(48(42)55)43-24-11-13-26-45(43)56-46/h1-32,50H,(H,52,53,54). The number of fused-ring (bicyclic) bond motifs is 7. The molecule has 1 aliphatic rings. The number of nitrogens with zero attached hydrogens (tertiary/aromatic N) is 3. The van der Waals surface area contributed by atoms with Gasteiger partial charge in [0.05, 0.1) is 16.4 Å². The first-order valence-corrected chi connectivity index (χ1v) is 18.9. The zero-order valence-corrected chi connectivity index (χ0v) is 30.3. The molecule has 8 aromatic carbocycles. The molecule has 1 aliphatic heterocycles. The van der Waals surface area contributed by atoms with Crippen LogP contribution in [0.25, 0.3) is 71.7 Å². The summed E-state index contributed by atoms with van der Waals surface area (Å²) >= 11 is 0. The summed E-state index contributed by atoms with van der Waals surface area (Å²) in [6.07, 6.45) is -0.365. The predicted octanol–water partition coefficient (Wildman–Crippen LogP) is 12.5. The third-order valence-corrected chi connectivity index (χ3v) is 10.8. The molecule has 0 bridgehead atoms. The Hall–Kier alpha value is -7.50. The second-order valence-corrected chi connectivity index (χ2v) is 14.2. The highest BCUT2D eigenvalue weighted by atomic mass is 16.3. The van der Waals surface area contributed by atoms with E-state index in [2.05, 4.69) is 168 Å². The Morgan fingerprint density at radius 1 is 0.464 bits per heavy atom. The first kappa shape index (κ1) is 32.0. The van der Waals surface area contributed by atoms with Gasteiger partial charge in [0.2, 0.25) is 0 Å². The van der Waals surface area contributed by atoms with E-state index >= 15 is 0 Å². The zero-order chi connectivity index (χ0) is 37.0. The number of aromatic nitrogens is 1. The number of amidine groups is 2. The van der Waals surface area contributed by atoms with Gasteiger partial charge in [0, 0.05) is 33.0 Å². The minimum absolute atomic E-state index is 0.365. The maximum atomic E-state index is 6.45. The molecular formula is C51H34N4O. The van der Waals surface area contributed by atoms with Gasteiger partial charge < -0.3 is 14.3 Å². The first-order chi connectivity index (χ1) is 27.7. The Kier molecular flexibility index (Phi) is 7.49. The highest BCUT2D eigenvalue weighted by Crippen LogP contribution is 2.41. The Bertz CT molecular complexity index is 3160. The van der Waals surface area contributed by atoms with Crippen LogP contribution >= 0.6 is 0 Å². The molecule has 11 rings (SSSR count). The Balaban J connectivity index is 1.17. The number of nitrogens with one attached hydrogen (secondary N) is 1. The quantitative estimate of drug-likeness (QED) is 0.186. The van der Waals surface area contributed by atoms with Crippen molar-refractivity contribution in [2.45, 2.75) is 6.17 Å². The number of para-hydroxylation sites is 2. The number of benzene rings is 8. The fraction of sp³-hybridized carbons (Fsp3) is 0.0196. The van der Waals surface area contributed by atoms with E-state index < -0.39 is 0 Å². The smallest absolute Gasteiger partial charge is 0.159 e. The SMILES string of the molecule is c1ccc(C2=NC(c3cc(-c4ccccc4)cc(-n4c5ccccc5c5ccc6oc7ccccc7c6c54)c3)=NC(c3cccc(-c4ccccc4)c3)N2)cc1. The average Bonchev–Trinajstić information content (AvgIpc) is 3.83. The molecule has 2 aromatic heterocycles. The van der Waals surface area contributed by atoms with Gasteiger partial charge in [-0.25, -0.2) is 9.98 Å². The summed E-state index contributed by atoms with van der Waals surface area (Å²) in [5.74, 6) is 1.44. The fourth-order valence-corrected chi connectivity index (χ4v) is 8.21. The molecule has 1 N–H and O–H groups in total. The molecule has 56 heavy (non-hydrogen) atoms. The van der Waals surface area contributed by atoms with Crippen LogP contribution in [0.15, 0.2) is 209 Å². The van der Waals surface area contributed by atoms with Gasteiger partial charge >= 0.3 is 0 Å². The Morgan fingerprint density at radius 3 is 1.89 bits per heavy atom. The molecule has 1 unspecified atom stereocenters. The minimum Gasteiger partial charge on any atom is -0.456 e. The van der Waals surface area contributed by atoms with Gasteiger partial charge in [0.25, 0.3) is 0 Å². The maximum Gasteiger partial charge on any atom is 0.159 e. The van der Waals surface area contributed by atoms with Crippen molar-refractivity contribution in [1.29, 1.82) is 0 Å². The lowest BCUT2D eigenvalue weighted by molar-refractivity contribution is 0.669. The molecule has 0 aliphatic carbocycles. The lowest BCUT2D eigenvalue weighted by atomic mass is 10.00. The van der Waals surface area contributed by atoms with Crippen LogP contribution in [0.1, 0.15) is 22.9 Å². The van der Waals surface area contributed by atoms with Gasteiger partial charge in [-0.1, -0.05) is 146 Å². The predicted molar refractivity (Wildman–Crippen MR) is 231 cm³/mol. The molecule has 0 spiro atoms. The van der Waals surface area contributed by atoms with Gasteiger partial charge in [0.1, 0.15) is 23.2 Å². The van der Waals surface area contributed by atoms with Gasteiger partial charge in [0.15, 0.2) is 5.84 Å². The fourth-order valence-electron chi connectivity index (χ4n) is 8.21. The van der Waals surface area contributed by atoms with Gasteiger partial charge in [-0.05, 0) is 76.3 Å². The molecule has 0 fully saturated rings. The molecular weight excluding hydrogens is 685 g/mol. The summed E-state index contributed by atoms with van der Waals surface area (Å²) in [7, 11) is 0. The largest absolute Gasteiger partial charge is 0.456 e.